The van der Waals surface area contributed by atoms with E-state index in [2.05, 4.69) is 26.1 Å². The molecule has 6 heteroatoms. The maximum Gasteiger partial charge on any atom is 0.254 e. The average molecular weight is 449 g/mol. The number of carbonyl (C=O) groups excluding carboxylic acids is 1. The second kappa shape index (κ2) is 8.41. The molecule has 1 aromatic heterocycles. The summed E-state index contributed by atoms with van der Waals surface area (Å²) in [6, 6.07) is 22.3. The third kappa shape index (κ3) is 4.27. The van der Waals surface area contributed by atoms with Gasteiger partial charge in [-0.1, -0.05) is 57.9 Å². The lowest BCUT2D eigenvalue weighted by molar-refractivity contribution is 0.103. The summed E-state index contributed by atoms with van der Waals surface area (Å²) in [5.41, 5.74) is 2.87. The predicted octanol–water partition coefficient (Wildman–Crippen LogP) is 5.62. The molecular formula is C23H17BrN2O3. The number of aromatic nitrogens is 2. The first-order valence-electron chi connectivity index (χ1n) is 9.02. The van der Waals surface area contributed by atoms with Crippen LogP contribution < -0.4 is 4.74 Å². The van der Waals surface area contributed by atoms with E-state index < -0.39 is 0 Å². The van der Waals surface area contributed by atoms with Crippen LogP contribution in [0.2, 0.25) is 0 Å². The number of benzene rings is 3. The topological polar surface area (TPSA) is 65.2 Å². The van der Waals surface area contributed by atoms with Crippen molar-refractivity contribution in [3.63, 3.8) is 0 Å². The fourth-order valence-corrected chi connectivity index (χ4v) is 3.35. The fraction of sp³-hybridized carbons (Fsp3) is 0.0870. The van der Waals surface area contributed by atoms with Gasteiger partial charge in [0.25, 0.3) is 5.89 Å². The Morgan fingerprint density at radius 3 is 2.52 bits per heavy atom. The number of aryl methyl sites for hydroxylation is 1. The van der Waals surface area contributed by atoms with Crippen molar-refractivity contribution < 1.29 is 13.9 Å². The van der Waals surface area contributed by atoms with Crippen molar-refractivity contribution in [1.82, 2.24) is 10.2 Å². The first kappa shape index (κ1) is 19.1. The molecule has 0 bridgehead atoms. The lowest BCUT2D eigenvalue weighted by Crippen LogP contribution is -2.07. The van der Waals surface area contributed by atoms with E-state index in [4.69, 9.17) is 9.15 Å². The normalized spacial score (nSPS) is 10.7. The second-order valence-electron chi connectivity index (χ2n) is 6.46. The van der Waals surface area contributed by atoms with Crippen LogP contribution in [0.3, 0.4) is 0 Å². The number of nitrogens with zero attached hydrogens (tertiary/aromatic N) is 2. The highest BCUT2D eigenvalue weighted by atomic mass is 79.9. The van der Waals surface area contributed by atoms with Crippen LogP contribution in [0.4, 0.5) is 0 Å². The summed E-state index contributed by atoms with van der Waals surface area (Å²) >= 11 is 3.44. The SMILES string of the molecule is Cc1ccc(OCc2nnc(-c3ccccc3)o2)c(C(=O)c2ccccc2Br)c1. The van der Waals surface area contributed by atoms with Gasteiger partial charge >= 0.3 is 0 Å². The molecule has 3 aromatic carbocycles. The van der Waals surface area contributed by atoms with Crippen molar-refractivity contribution in [3.05, 3.63) is 99.9 Å². The summed E-state index contributed by atoms with van der Waals surface area (Å²) in [5, 5.41) is 8.10. The van der Waals surface area contributed by atoms with E-state index >= 15 is 0 Å². The van der Waals surface area contributed by atoms with E-state index in [1.165, 1.54) is 0 Å². The molecule has 0 aliphatic carbocycles. The van der Waals surface area contributed by atoms with E-state index in [-0.39, 0.29) is 12.4 Å². The Balaban J connectivity index is 1.56. The molecule has 0 N–H and O–H groups in total. The molecule has 0 unspecified atom stereocenters. The molecule has 0 saturated heterocycles. The number of carbonyl (C=O) groups is 1. The third-order valence-corrected chi connectivity index (χ3v) is 5.03. The number of ether oxygens (including phenoxy) is 1. The van der Waals surface area contributed by atoms with Crippen LogP contribution in [0.1, 0.15) is 27.4 Å². The molecule has 29 heavy (non-hydrogen) atoms. The number of hydrogen-bond acceptors (Lipinski definition) is 5. The Labute approximate surface area is 176 Å². The summed E-state index contributed by atoms with van der Waals surface area (Å²) in [5.74, 6) is 1.11. The van der Waals surface area contributed by atoms with Gasteiger partial charge in [0.15, 0.2) is 12.4 Å². The average Bonchev–Trinajstić information content (AvgIpc) is 3.22. The van der Waals surface area contributed by atoms with Gasteiger partial charge in [-0.25, -0.2) is 0 Å². The van der Waals surface area contributed by atoms with Gasteiger partial charge in [-0.15, -0.1) is 10.2 Å². The Bertz CT molecular complexity index is 1160. The zero-order valence-electron chi connectivity index (χ0n) is 15.6. The van der Waals surface area contributed by atoms with Gasteiger partial charge in [0.05, 0.1) is 5.56 Å². The quantitative estimate of drug-likeness (QED) is 0.358. The molecule has 4 aromatic rings. The summed E-state index contributed by atoms with van der Waals surface area (Å²) in [6.45, 7) is 2.00. The second-order valence-corrected chi connectivity index (χ2v) is 7.32. The van der Waals surface area contributed by atoms with Crippen molar-refractivity contribution in [3.8, 4) is 17.2 Å². The van der Waals surface area contributed by atoms with Crippen molar-refractivity contribution in [2.45, 2.75) is 13.5 Å². The highest BCUT2D eigenvalue weighted by molar-refractivity contribution is 9.10. The molecule has 144 valence electrons. The van der Waals surface area contributed by atoms with Crippen LogP contribution in [0.25, 0.3) is 11.5 Å². The Morgan fingerprint density at radius 2 is 1.72 bits per heavy atom. The van der Waals surface area contributed by atoms with Crippen molar-refractivity contribution in [2.75, 3.05) is 0 Å². The van der Waals surface area contributed by atoms with E-state index in [1.54, 1.807) is 12.1 Å². The van der Waals surface area contributed by atoms with E-state index in [0.29, 0.717) is 28.7 Å². The smallest absolute Gasteiger partial charge is 0.254 e. The van der Waals surface area contributed by atoms with Crippen LogP contribution in [-0.2, 0) is 6.61 Å². The minimum atomic E-state index is -0.119. The van der Waals surface area contributed by atoms with Gasteiger partial charge in [-0.05, 0) is 43.3 Å². The maximum absolute atomic E-state index is 13.1. The van der Waals surface area contributed by atoms with Crippen LogP contribution in [0.15, 0.2) is 81.7 Å². The van der Waals surface area contributed by atoms with Crippen LogP contribution in [0, 0.1) is 6.92 Å². The summed E-state index contributed by atoms with van der Waals surface area (Å²) in [6.07, 6.45) is 0. The maximum atomic E-state index is 13.1. The fourth-order valence-electron chi connectivity index (χ4n) is 2.89. The summed E-state index contributed by atoms with van der Waals surface area (Å²) in [7, 11) is 0. The molecule has 0 fully saturated rings. The standard InChI is InChI=1S/C23H17BrN2O3/c1-15-11-12-20(18(13-15)22(27)17-9-5-6-10-19(17)24)28-14-21-25-26-23(29-21)16-7-3-2-4-8-16/h2-13H,14H2,1H3. The van der Waals surface area contributed by atoms with Gasteiger partial charge in [-0.2, -0.15) is 0 Å². The molecule has 0 aliphatic heterocycles. The highest BCUT2D eigenvalue weighted by Crippen LogP contribution is 2.27. The zero-order valence-corrected chi connectivity index (χ0v) is 17.2. The molecule has 0 radical (unpaired) electrons. The van der Waals surface area contributed by atoms with Gasteiger partial charge in [-0.3, -0.25) is 4.79 Å². The molecule has 0 amide bonds. The van der Waals surface area contributed by atoms with Gasteiger partial charge in [0.1, 0.15) is 5.75 Å². The van der Waals surface area contributed by atoms with Crippen LogP contribution in [-0.4, -0.2) is 16.0 Å². The van der Waals surface area contributed by atoms with E-state index in [9.17, 15) is 4.79 Å². The monoisotopic (exact) mass is 448 g/mol. The lowest BCUT2D eigenvalue weighted by atomic mass is 10.0. The van der Waals surface area contributed by atoms with E-state index in [1.807, 2.05) is 67.6 Å². The summed E-state index contributed by atoms with van der Waals surface area (Å²) in [4.78, 5) is 13.1. The molecule has 1 heterocycles. The van der Waals surface area contributed by atoms with Gasteiger partial charge in [0, 0.05) is 15.6 Å². The number of rotatable bonds is 6. The van der Waals surface area contributed by atoms with Crippen LogP contribution in [0.5, 0.6) is 5.75 Å². The minimum Gasteiger partial charge on any atom is -0.483 e. The zero-order chi connectivity index (χ0) is 20.2. The molecule has 0 spiro atoms. The number of ketones is 1. The highest BCUT2D eigenvalue weighted by Gasteiger charge is 2.18. The molecular weight excluding hydrogens is 432 g/mol. The predicted molar refractivity (Wildman–Crippen MR) is 113 cm³/mol. The molecule has 0 aliphatic rings. The Morgan fingerprint density at radius 1 is 0.966 bits per heavy atom. The molecule has 5 nitrogen and oxygen atoms in total. The lowest BCUT2D eigenvalue weighted by Gasteiger charge is -2.11. The summed E-state index contributed by atoms with van der Waals surface area (Å²) < 4.78 is 12.3. The van der Waals surface area contributed by atoms with Crippen molar-refractivity contribution in [1.29, 1.82) is 0 Å². The van der Waals surface area contributed by atoms with Gasteiger partial charge in [0.2, 0.25) is 5.89 Å². The van der Waals surface area contributed by atoms with Crippen LogP contribution >= 0.6 is 15.9 Å². The Hall–Kier alpha value is -3.25. The number of hydrogen-bond donors (Lipinski definition) is 0. The largest absolute Gasteiger partial charge is 0.483 e. The number of halogens is 1. The van der Waals surface area contributed by atoms with E-state index in [0.717, 1.165) is 15.6 Å². The molecule has 0 atom stereocenters. The van der Waals surface area contributed by atoms with Crippen molar-refractivity contribution in [2.24, 2.45) is 0 Å². The molecule has 0 saturated carbocycles. The first-order valence-corrected chi connectivity index (χ1v) is 9.81. The third-order valence-electron chi connectivity index (χ3n) is 4.34. The van der Waals surface area contributed by atoms with Crippen molar-refractivity contribution >= 4 is 21.7 Å². The van der Waals surface area contributed by atoms with Gasteiger partial charge < -0.3 is 9.15 Å². The minimum absolute atomic E-state index is 0.0686. The molecule has 4 rings (SSSR count). The first-order chi connectivity index (χ1) is 14.1. The Kier molecular flexibility index (Phi) is 5.53.